The second kappa shape index (κ2) is 13.3. The summed E-state index contributed by atoms with van der Waals surface area (Å²) in [7, 11) is 0. The zero-order valence-corrected chi connectivity index (χ0v) is 31.9. The van der Waals surface area contributed by atoms with E-state index in [0.29, 0.717) is 17.5 Å². The third kappa shape index (κ3) is 5.42. The highest BCUT2D eigenvalue weighted by Gasteiger charge is 2.22. The van der Waals surface area contributed by atoms with Gasteiger partial charge in [-0.1, -0.05) is 176 Å². The van der Waals surface area contributed by atoms with Crippen LogP contribution in [0.15, 0.2) is 206 Å². The first kappa shape index (κ1) is 33.2. The number of hydrogen-bond donors (Lipinski definition) is 0. The fourth-order valence-electron chi connectivity index (χ4n) is 9.01. The molecule has 4 nitrogen and oxygen atoms in total. The van der Waals surface area contributed by atoms with Crippen LogP contribution in [0.5, 0.6) is 0 Å². The highest BCUT2D eigenvalue weighted by atomic mass is 15.0. The van der Waals surface area contributed by atoms with Gasteiger partial charge in [0.05, 0.1) is 16.7 Å². The number of benzene rings is 10. The zero-order valence-electron chi connectivity index (χ0n) is 31.9. The van der Waals surface area contributed by atoms with E-state index >= 15 is 0 Å². The molecule has 10 aromatic carbocycles. The molecule has 0 N–H and O–H groups in total. The second-order valence-corrected chi connectivity index (χ2v) is 15.2. The van der Waals surface area contributed by atoms with Crippen LogP contribution in [-0.4, -0.2) is 19.5 Å². The lowest BCUT2D eigenvalue weighted by Crippen LogP contribution is -2.02. The Kier molecular flexibility index (Phi) is 7.50. The van der Waals surface area contributed by atoms with Crippen molar-refractivity contribution < 1.29 is 0 Å². The molecule has 12 aromatic rings. The molecule has 12 rings (SSSR count). The van der Waals surface area contributed by atoms with Gasteiger partial charge < -0.3 is 4.57 Å². The van der Waals surface area contributed by atoms with Crippen molar-refractivity contribution in [1.29, 1.82) is 0 Å². The van der Waals surface area contributed by atoms with Crippen molar-refractivity contribution in [3.8, 4) is 51.0 Å². The van der Waals surface area contributed by atoms with Crippen molar-refractivity contribution in [2.45, 2.75) is 0 Å². The molecule has 59 heavy (non-hydrogen) atoms. The fraction of sp³-hybridized carbons (Fsp3) is 0. The summed E-state index contributed by atoms with van der Waals surface area (Å²) in [6, 6.07) is 73.6. The lowest BCUT2D eigenvalue weighted by atomic mass is 9.93. The Morgan fingerprint density at radius 2 is 0.898 bits per heavy atom. The van der Waals surface area contributed by atoms with Gasteiger partial charge in [0, 0.05) is 38.2 Å². The van der Waals surface area contributed by atoms with Crippen LogP contribution in [0.3, 0.4) is 0 Å². The molecule has 274 valence electrons. The number of rotatable bonds is 5. The molecule has 0 aliphatic heterocycles. The van der Waals surface area contributed by atoms with Gasteiger partial charge in [-0.3, -0.25) is 0 Å². The molecule has 0 fully saturated rings. The Bertz CT molecular complexity index is 3610. The lowest BCUT2D eigenvalue weighted by Gasteiger charge is -2.19. The maximum Gasteiger partial charge on any atom is 0.164 e. The molecule has 0 radical (unpaired) electrons. The van der Waals surface area contributed by atoms with Crippen molar-refractivity contribution in [2.75, 3.05) is 0 Å². The molecule has 0 amide bonds. The third-order valence-electron chi connectivity index (χ3n) is 11.8. The standard InChI is InChI=1S/C55H34N4/c1-3-15-36(16-4-1)43-24-13-25-45-47(55-57-53(38-18-5-2-6-19-38)56-54(58-55)42-27-26-35-14-7-8-20-39(35)32-42)30-31-49(51(43)45)59-50-34-41-22-10-9-21-40(41)33-48(50)46-29-28-37-17-11-12-23-44(37)52(46)59/h1-34H. The molecule has 0 atom stereocenters. The predicted molar refractivity (Wildman–Crippen MR) is 246 cm³/mol. The largest absolute Gasteiger partial charge is 0.308 e. The molecule has 0 spiro atoms. The molecule has 0 bridgehead atoms. The highest BCUT2D eigenvalue weighted by Crippen LogP contribution is 2.44. The molecule has 0 aliphatic carbocycles. The van der Waals surface area contributed by atoms with Gasteiger partial charge in [0.25, 0.3) is 0 Å². The van der Waals surface area contributed by atoms with Crippen LogP contribution >= 0.6 is 0 Å². The van der Waals surface area contributed by atoms with Gasteiger partial charge in [-0.15, -0.1) is 0 Å². The summed E-state index contributed by atoms with van der Waals surface area (Å²) < 4.78 is 2.50. The quantitative estimate of drug-likeness (QED) is 0.176. The molecule has 0 saturated carbocycles. The minimum absolute atomic E-state index is 0.627. The van der Waals surface area contributed by atoms with Gasteiger partial charge in [0.2, 0.25) is 0 Å². The lowest BCUT2D eigenvalue weighted by molar-refractivity contribution is 1.08. The van der Waals surface area contributed by atoms with Crippen LogP contribution < -0.4 is 0 Å². The van der Waals surface area contributed by atoms with Gasteiger partial charge in [0.1, 0.15) is 0 Å². The summed E-state index contributed by atoms with van der Waals surface area (Å²) in [5.74, 6) is 1.90. The molecule has 2 aromatic heterocycles. The van der Waals surface area contributed by atoms with Crippen LogP contribution in [0.1, 0.15) is 0 Å². The first-order chi connectivity index (χ1) is 29.2. The van der Waals surface area contributed by atoms with Crippen molar-refractivity contribution in [1.82, 2.24) is 19.5 Å². The van der Waals surface area contributed by atoms with E-state index in [2.05, 4.69) is 193 Å². The third-order valence-corrected chi connectivity index (χ3v) is 11.8. The normalized spacial score (nSPS) is 11.7. The monoisotopic (exact) mass is 750 g/mol. The molecule has 0 aliphatic rings. The van der Waals surface area contributed by atoms with Gasteiger partial charge in [-0.05, 0) is 73.8 Å². The van der Waals surface area contributed by atoms with Gasteiger partial charge >= 0.3 is 0 Å². The molecule has 0 unspecified atom stereocenters. The van der Waals surface area contributed by atoms with Gasteiger partial charge in [-0.25, -0.2) is 15.0 Å². The van der Waals surface area contributed by atoms with Gasteiger partial charge in [-0.2, -0.15) is 0 Å². The van der Waals surface area contributed by atoms with E-state index < -0.39 is 0 Å². The molecule has 4 heteroatoms. The van der Waals surface area contributed by atoms with Gasteiger partial charge in [0.15, 0.2) is 17.5 Å². The Balaban J connectivity index is 1.20. The fourth-order valence-corrected chi connectivity index (χ4v) is 9.01. The number of nitrogens with zero attached hydrogens (tertiary/aromatic N) is 4. The van der Waals surface area contributed by atoms with Crippen molar-refractivity contribution in [2.24, 2.45) is 0 Å². The van der Waals surface area contributed by atoms with E-state index in [-0.39, 0.29) is 0 Å². The molecule has 0 saturated heterocycles. The zero-order chi connectivity index (χ0) is 38.9. The minimum atomic E-state index is 0.627. The second-order valence-electron chi connectivity index (χ2n) is 15.2. The molecule has 2 heterocycles. The van der Waals surface area contributed by atoms with Crippen LogP contribution in [-0.2, 0) is 0 Å². The average molecular weight is 751 g/mol. The number of hydrogen-bond acceptors (Lipinski definition) is 3. The van der Waals surface area contributed by atoms with E-state index in [1.807, 2.05) is 18.2 Å². The SMILES string of the molecule is c1ccc(-c2nc(-c3ccc4ccccc4c3)nc(-c3ccc(-n4c5cc6ccccc6cc5c5ccc6ccccc6c54)c4c(-c5ccccc5)cccc34)n2)cc1. The van der Waals surface area contributed by atoms with Crippen molar-refractivity contribution in [3.05, 3.63) is 206 Å². The maximum atomic E-state index is 5.30. The first-order valence-corrected chi connectivity index (χ1v) is 20.0. The average Bonchev–Trinajstić information content (AvgIpc) is 3.63. The Morgan fingerprint density at radius 3 is 1.68 bits per heavy atom. The topological polar surface area (TPSA) is 43.6 Å². The summed E-state index contributed by atoms with van der Waals surface area (Å²) in [6.07, 6.45) is 0. The highest BCUT2D eigenvalue weighted by molar-refractivity contribution is 6.22. The Morgan fingerprint density at radius 1 is 0.305 bits per heavy atom. The van der Waals surface area contributed by atoms with Crippen LogP contribution in [0.4, 0.5) is 0 Å². The van der Waals surface area contributed by atoms with E-state index in [4.69, 9.17) is 15.0 Å². The van der Waals surface area contributed by atoms with Crippen molar-refractivity contribution in [3.63, 3.8) is 0 Å². The van der Waals surface area contributed by atoms with E-state index in [1.54, 1.807) is 0 Å². The van der Waals surface area contributed by atoms with Crippen LogP contribution in [0.25, 0.3) is 116 Å². The van der Waals surface area contributed by atoms with Crippen LogP contribution in [0.2, 0.25) is 0 Å². The van der Waals surface area contributed by atoms with E-state index in [9.17, 15) is 0 Å². The Hall–Kier alpha value is -7.95. The minimum Gasteiger partial charge on any atom is -0.308 e. The number of aromatic nitrogens is 4. The predicted octanol–water partition coefficient (Wildman–Crippen LogP) is 14.2. The molecular formula is C55H34N4. The Labute approximate surface area is 340 Å². The summed E-state index contributed by atoms with van der Waals surface area (Å²) in [4.78, 5) is 15.7. The summed E-state index contributed by atoms with van der Waals surface area (Å²) >= 11 is 0. The first-order valence-electron chi connectivity index (χ1n) is 20.0. The van der Waals surface area contributed by atoms with E-state index in [0.717, 1.165) is 55.2 Å². The summed E-state index contributed by atoms with van der Waals surface area (Å²) in [5.41, 5.74) is 8.56. The smallest absolute Gasteiger partial charge is 0.164 e. The van der Waals surface area contributed by atoms with Crippen LogP contribution in [0, 0.1) is 0 Å². The van der Waals surface area contributed by atoms with E-state index in [1.165, 1.54) is 43.2 Å². The van der Waals surface area contributed by atoms with Crippen molar-refractivity contribution >= 4 is 64.9 Å². The molecular weight excluding hydrogens is 717 g/mol. The maximum absolute atomic E-state index is 5.30. The number of fused-ring (bicyclic) bond motifs is 8. The summed E-state index contributed by atoms with van der Waals surface area (Å²) in [5, 5.41) is 11.8. The summed E-state index contributed by atoms with van der Waals surface area (Å²) in [6.45, 7) is 0.